The third kappa shape index (κ3) is 5.97. The molecule has 0 spiro atoms. The van der Waals surface area contributed by atoms with Crippen LogP contribution in [0.5, 0.6) is 0 Å². The van der Waals surface area contributed by atoms with Crippen molar-refractivity contribution in [2.45, 2.75) is 56.0 Å². The van der Waals surface area contributed by atoms with Gasteiger partial charge in [-0.3, -0.25) is 0 Å². The number of hydrogen-bond donors (Lipinski definition) is 4. The Labute approximate surface area is 233 Å². The number of piperidine rings is 1. The normalized spacial score (nSPS) is 18.5. The lowest BCUT2D eigenvalue weighted by molar-refractivity contribution is -0.137. The second-order valence-electron chi connectivity index (χ2n) is 10.6. The van der Waals surface area contributed by atoms with Gasteiger partial charge in [0.05, 0.1) is 20.7 Å². The standard InChI is InChI=1S/C25H28ClF3N6O4S/c1-24(2,3)19-12-16(8-9-35(19)23(36)37)40(38,39)15-6-4-13(5-7-15)20-17(25(27,28)29)10-14(11-18(20)26)31-22-32-21(30)33-34-22/h4-7,10-11,16,19H,8-9,12H2,1-3H3,(H,36,37)(H4,30,31,32,33,34). The molecule has 40 heavy (non-hydrogen) atoms. The molecule has 2 heterocycles. The maximum atomic E-state index is 14.1. The lowest BCUT2D eigenvalue weighted by Crippen LogP contribution is -2.54. The Hall–Kier alpha value is -3.52. The second kappa shape index (κ2) is 10.5. The van der Waals surface area contributed by atoms with Crippen LogP contribution in [-0.4, -0.2) is 57.5 Å². The number of aromatic amines is 1. The number of aromatic nitrogens is 3. The van der Waals surface area contributed by atoms with E-state index in [4.69, 9.17) is 17.3 Å². The molecule has 1 saturated heterocycles. The summed E-state index contributed by atoms with van der Waals surface area (Å²) in [7, 11) is -3.90. The number of nitrogens with two attached hydrogens (primary N) is 1. The topological polar surface area (TPSA) is 154 Å². The van der Waals surface area contributed by atoms with Crippen LogP contribution < -0.4 is 11.1 Å². The fourth-order valence-electron chi connectivity index (χ4n) is 4.92. The van der Waals surface area contributed by atoms with Crippen molar-refractivity contribution < 1.29 is 31.5 Å². The van der Waals surface area contributed by atoms with Crippen molar-refractivity contribution in [3.63, 3.8) is 0 Å². The Balaban J connectivity index is 1.66. The monoisotopic (exact) mass is 600 g/mol. The number of nitrogens with one attached hydrogen (secondary N) is 2. The molecule has 0 aliphatic carbocycles. The number of carbonyl (C=O) groups is 1. The maximum Gasteiger partial charge on any atom is 0.417 e. The van der Waals surface area contributed by atoms with Crippen molar-refractivity contribution in [2.75, 3.05) is 17.6 Å². The van der Waals surface area contributed by atoms with Crippen LogP contribution in [-0.2, 0) is 16.0 Å². The highest BCUT2D eigenvalue weighted by Crippen LogP contribution is 2.44. The summed E-state index contributed by atoms with van der Waals surface area (Å²) in [6.45, 7) is 5.60. The molecule has 1 amide bonds. The van der Waals surface area contributed by atoms with Crippen molar-refractivity contribution in [3.8, 4) is 11.1 Å². The molecule has 1 aliphatic rings. The molecule has 0 saturated carbocycles. The zero-order valence-corrected chi connectivity index (χ0v) is 23.3. The third-order valence-electron chi connectivity index (χ3n) is 6.86. The number of likely N-dealkylation sites (tertiary alicyclic amines) is 1. The van der Waals surface area contributed by atoms with Crippen molar-refractivity contribution >= 4 is 45.1 Å². The zero-order chi connectivity index (χ0) is 29.6. The van der Waals surface area contributed by atoms with E-state index < -0.39 is 44.4 Å². The van der Waals surface area contributed by atoms with Gasteiger partial charge in [0.15, 0.2) is 9.84 Å². The fourth-order valence-corrected chi connectivity index (χ4v) is 7.00. The Morgan fingerprint density at radius 2 is 1.85 bits per heavy atom. The van der Waals surface area contributed by atoms with E-state index in [9.17, 15) is 31.5 Å². The van der Waals surface area contributed by atoms with Gasteiger partial charge >= 0.3 is 12.3 Å². The van der Waals surface area contributed by atoms with Crippen molar-refractivity contribution in [3.05, 3.63) is 47.0 Å². The van der Waals surface area contributed by atoms with Gasteiger partial charge in [-0.15, -0.1) is 5.10 Å². The van der Waals surface area contributed by atoms with Gasteiger partial charge in [0.25, 0.3) is 0 Å². The minimum absolute atomic E-state index is 0.0274. The molecule has 15 heteroatoms. The van der Waals surface area contributed by atoms with Crippen LogP contribution in [0.15, 0.2) is 41.3 Å². The van der Waals surface area contributed by atoms with Crippen LogP contribution in [0.25, 0.3) is 11.1 Å². The van der Waals surface area contributed by atoms with E-state index in [1.165, 1.54) is 35.2 Å². The Morgan fingerprint density at radius 1 is 1.20 bits per heavy atom. The average Bonchev–Trinajstić information content (AvgIpc) is 3.26. The highest BCUT2D eigenvalue weighted by atomic mass is 35.5. The number of benzene rings is 2. The third-order valence-corrected chi connectivity index (χ3v) is 9.40. The molecule has 4 rings (SSSR count). The van der Waals surface area contributed by atoms with Gasteiger partial charge in [-0.25, -0.2) is 18.3 Å². The first-order valence-corrected chi connectivity index (χ1v) is 14.1. The summed E-state index contributed by atoms with van der Waals surface area (Å²) in [5.41, 5.74) is 3.63. The molecular formula is C25H28ClF3N6O4S. The van der Waals surface area contributed by atoms with E-state index >= 15 is 0 Å². The number of halogens is 4. The first-order valence-electron chi connectivity index (χ1n) is 12.2. The van der Waals surface area contributed by atoms with Gasteiger partial charge < -0.3 is 21.1 Å². The van der Waals surface area contributed by atoms with E-state index in [0.717, 1.165) is 6.07 Å². The summed E-state index contributed by atoms with van der Waals surface area (Å²) in [5, 5.41) is 17.2. The number of sulfone groups is 1. The maximum absolute atomic E-state index is 14.1. The first-order chi connectivity index (χ1) is 18.5. The molecule has 2 aromatic carbocycles. The predicted molar refractivity (Wildman–Crippen MR) is 144 cm³/mol. The lowest BCUT2D eigenvalue weighted by Gasteiger charge is -2.44. The van der Waals surface area contributed by atoms with Gasteiger partial charge in [0, 0.05) is 23.8 Å². The molecule has 0 radical (unpaired) electrons. The number of nitrogens with zero attached hydrogens (tertiary/aromatic N) is 3. The molecule has 1 fully saturated rings. The van der Waals surface area contributed by atoms with Gasteiger partial charge in [-0.05, 0) is 48.1 Å². The number of nitrogen functional groups attached to an aromatic ring is 1. The molecule has 2 atom stereocenters. The van der Waals surface area contributed by atoms with Crippen LogP contribution in [0.4, 0.5) is 35.5 Å². The number of H-pyrrole nitrogens is 1. The molecule has 10 nitrogen and oxygen atoms in total. The Morgan fingerprint density at radius 3 is 2.38 bits per heavy atom. The van der Waals surface area contributed by atoms with Gasteiger partial charge in [-0.1, -0.05) is 44.5 Å². The number of rotatable bonds is 5. The van der Waals surface area contributed by atoms with Crippen LogP contribution in [0, 0.1) is 5.41 Å². The molecule has 3 aromatic rings. The number of carboxylic acid groups (broad SMARTS) is 1. The van der Waals surface area contributed by atoms with Crippen molar-refractivity contribution in [2.24, 2.45) is 5.41 Å². The van der Waals surface area contributed by atoms with Crippen LogP contribution in [0.3, 0.4) is 0 Å². The van der Waals surface area contributed by atoms with Gasteiger partial charge in [0.1, 0.15) is 0 Å². The van der Waals surface area contributed by atoms with E-state index in [1.807, 2.05) is 20.8 Å². The molecule has 216 valence electrons. The summed E-state index contributed by atoms with van der Waals surface area (Å²) >= 11 is 6.31. The highest BCUT2D eigenvalue weighted by molar-refractivity contribution is 7.92. The van der Waals surface area contributed by atoms with E-state index in [1.54, 1.807) is 0 Å². The van der Waals surface area contributed by atoms with Crippen LogP contribution in [0.1, 0.15) is 39.2 Å². The summed E-state index contributed by atoms with van der Waals surface area (Å²) in [6.07, 6.45) is -5.68. The summed E-state index contributed by atoms with van der Waals surface area (Å²) in [5.74, 6) is -0.0791. The van der Waals surface area contributed by atoms with Crippen LogP contribution in [0.2, 0.25) is 5.02 Å². The number of amides is 1. The van der Waals surface area contributed by atoms with Gasteiger partial charge in [-0.2, -0.15) is 18.2 Å². The highest BCUT2D eigenvalue weighted by Gasteiger charge is 2.43. The lowest BCUT2D eigenvalue weighted by atomic mass is 9.80. The summed E-state index contributed by atoms with van der Waals surface area (Å²) in [6, 6.07) is 6.65. The van der Waals surface area contributed by atoms with Crippen molar-refractivity contribution in [1.29, 1.82) is 0 Å². The smallest absolute Gasteiger partial charge is 0.417 e. The number of anilines is 3. The molecule has 5 N–H and O–H groups in total. The van der Waals surface area contributed by atoms with E-state index in [0.29, 0.717) is 0 Å². The Bertz CT molecular complexity index is 1520. The second-order valence-corrected chi connectivity index (χ2v) is 13.3. The average molecular weight is 601 g/mol. The molecule has 2 unspecified atom stereocenters. The predicted octanol–water partition coefficient (Wildman–Crippen LogP) is 5.80. The largest absolute Gasteiger partial charge is 0.465 e. The quantitative estimate of drug-likeness (QED) is 0.286. The first kappa shape index (κ1) is 29.5. The van der Waals surface area contributed by atoms with Crippen LogP contribution >= 0.6 is 11.6 Å². The van der Waals surface area contributed by atoms with E-state index in [2.05, 4.69) is 20.5 Å². The van der Waals surface area contributed by atoms with E-state index in [-0.39, 0.29) is 58.0 Å². The Kier molecular flexibility index (Phi) is 7.71. The minimum atomic E-state index is -4.79. The van der Waals surface area contributed by atoms with Crippen molar-refractivity contribution in [1.82, 2.24) is 20.1 Å². The fraction of sp³-hybridized carbons (Fsp3) is 0.400. The zero-order valence-electron chi connectivity index (χ0n) is 21.8. The number of alkyl halides is 3. The summed E-state index contributed by atoms with van der Waals surface area (Å²) < 4.78 is 69.2. The molecule has 1 aromatic heterocycles. The number of hydrogen-bond acceptors (Lipinski definition) is 7. The summed E-state index contributed by atoms with van der Waals surface area (Å²) in [4.78, 5) is 16.7. The molecular weight excluding hydrogens is 573 g/mol. The van der Waals surface area contributed by atoms with Gasteiger partial charge in [0.2, 0.25) is 11.9 Å². The molecule has 0 bridgehead atoms. The minimum Gasteiger partial charge on any atom is -0.465 e. The molecule has 1 aliphatic heterocycles. The SMILES string of the molecule is CC(C)(C)C1CC(S(=O)(=O)c2ccc(-c3c(Cl)cc(Nc4n[nH]c(N)n4)cc3C(F)(F)F)cc2)CCN1C(=O)O.